The van der Waals surface area contributed by atoms with Crippen molar-refractivity contribution in [1.82, 2.24) is 0 Å². The molecular formula is C26H28ClFO3. The number of fused-ring (bicyclic) bond motifs is 1. The molecule has 1 saturated heterocycles. The summed E-state index contributed by atoms with van der Waals surface area (Å²) in [4.78, 5) is 0. The molecule has 4 rings (SSSR count). The molecule has 5 heteroatoms. The number of aliphatic hydroxyl groups excluding tert-OH is 2. The molecule has 1 aromatic carbocycles. The molecule has 164 valence electrons. The van der Waals surface area contributed by atoms with Crippen molar-refractivity contribution >= 4 is 11.6 Å². The first-order chi connectivity index (χ1) is 15.0. The maximum absolute atomic E-state index is 15.4. The molecule has 0 aromatic heterocycles. The van der Waals surface area contributed by atoms with E-state index in [9.17, 15) is 10.2 Å². The molecule has 2 aliphatic carbocycles. The van der Waals surface area contributed by atoms with E-state index in [1.165, 1.54) is 0 Å². The molecule has 0 amide bonds. The Bertz CT molecular complexity index is 946. The van der Waals surface area contributed by atoms with E-state index >= 15 is 4.39 Å². The highest BCUT2D eigenvalue weighted by Gasteiger charge is 2.30. The summed E-state index contributed by atoms with van der Waals surface area (Å²) >= 11 is 6.31. The van der Waals surface area contributed by atoms with E-state index in [1.807, 2.05) is 49.4 Å². The van der Waals surface area contributed by atoms with Crippen LogP contribution in [0.4, 0.5) is 4.39 Å². The first-order valence-electron chi connectivity index (χ1n) is 10.4. The van der Waals surface area contributed by atoms with E-state index in [0.29, 0.717) is 29.0 Å². The molecule has 4 atom stereocenters. The molecule has 3 aliphatic rings. The molecule has 0 spiro atoms. The lowest BCUT2D eigenvalue weighted by Gasteiger charge is -2.32. The first-order valence-corrected chi connectivity index (χ1v) is 10.8. The van der Waals surface area contributed by atoms with Gasteiger partial charge in [-0.15, -0.1) is 6.58 Å². The van der Waals surface area contributed by atoms with E-state index in [4.69, 9.17) is 16.3 Å². The number of ether oxygens (including phenoxy) is 1. The third-order valence-corrected chi connectivity index (χ3v) is 5.63. The highest BCUT2D eigenvalue weighted by atomic mass is 35.5. The zero-order valence-electron chi connectivity index (χ0n) is 17.5. The summed E-state index contributed by atoms with van der Waals surface area (Å²) < 4.78 is 21.3. The number of hydrogen-bond acceptors (Lipinski definition) is 3. The van der Waals surface area contributed by atoms with Crippen LogP contribution in [0.2, 0.25) is 5.02 Å². The average Bonchev–Trinajstić information content (AvgIpc) is 3.04. The van der Waals surface area contributed by atoms with Crippen molar-refractivity contribution in [2.45, 2.75) is 44.2 Å². The van der Waals surface area contributed by atoms with Crippen LogP contribution >= 0.6 is 11.6 Å². The van der Waals surface area contributed by atoms with E-state index in [1.54, 1.807) is 24.3 Å². The van der Waals surface area contributed by atoms with Crippen LogP contribution in [0.15, 0.2) is 73.3 Å². The molecule has 3 nitrogen and oxygen atoms in total. The predicted octanol–water partition coefficient (Wildman–Crippen LogP) is 6.27. The van der Waals surface area contributed by atoms with Gasteiger partial charge in [-0.25, -0.2) is 4.39 Å². The van der Waals surface area contributed by atoms with Gasteiger partial charge in [0.05, 0.1) is 24.9 Å². The summed E-state index contributed by atoms with van der Waals surface area (Å²) in [7, 11) is 0. The fraction of sp³-hybridized carbons (Fsp3) is 0.308. The second-order valence-corrected chi connectivity index (χ2v) is 8.12. The average molecular weight is 443 g/mol. The van der Waals surface area contributed by atoms with Crippen LogP contribution in [0.3, 0.4) is 0 Å². The minimum atomic E-state index is -1.37. The molecule has 0 saturated carbocycles. The summed E-state index contributed by atoms with van der Waals surface area (Å²) in [5, 5.41) is 19.8. The number of hydrogen-bond donors (Lipinski definition) is 2. The lowest BCUT2D eigenvalue weighted by molar-refractivity contribution is -0.113. The fourth-order valence-electron chi connectivity index (χ4n) is 3.84. The number of halogens is 2. The minimum Gasteiger partial charge on any atom is -0.394 e. The molecule has 31 heavy (non-hydrogen) atoms. The lowest BCUT2D eigenvalue weighted by atomic mass is 9.94. The number of alkyl halides is 1. The van der Waals surface area contributed by atoms with Crippen molar-refractivity contribution in [3.05, 3.63) is 95.0 Å². The maximum atomic E-state index is 15.4. The third-order valence-electron chi connectivity index (χ3n) is 5.29. The van der Waals surface area contributed by atoms with Gasteiger partial charge < -0.3 is 14.9 Å². The smallest absolute Gasteiger partial charge is 0.152 e. The molecule has 0 bridgehead atoms. The fourth-order valence-corrected chi connectivity index (χ4v) is 4.06. The van der Waals surface area contributed by atoms with Crippen molar-refractivity contribution < 1.29 is 19.3 Å². The normalized spacial score (nSPS) is 21.8. The standard InChI is InChI=1S/C23H22ClFO3.C3H6/c24-21-7-6-16(22-12-18(27)11-19(13-26)28-22)10-20(21)23(25)17-8-14-4-2-1-3-5-15(14)9-17;1-3-2/h1-10,18-19,22-23,26-27H,11-13H2;3H,1H2,2H3. The molecule has 1 aliphatic heterocycles. The first kappa shape index (κ1) is 23.4. The number of benzene rings is 1. The number of rotatable bonds is 4. The Kier molecular flexibility index (Phi) is 8.22. The van der Waals surface area contributed by atoms with Crippen LogP contribution in [0, 0.1) is 0 Å². The molecule has 0 radical (unpaired) electrons. The highest BCUT2D eigenvalue weighted by Crippen LogP contribution is 2.39. The molecule has 2 N–H and O–H groups in total. The summed E-state index contributed by atoms with van der Waals surface area (Å²) in [6.45, 7) is 5.09. The SMILES string of the molecule is C=CC.OCC1CC(O)CC(c2ccc(Cl)c(C(F)c3cc4cccccc-4c3)c2)O1. The zero-order valence-corrected chi connectivity index (χ0v) is 18.3. The van der Waals surface area contributed by atoms with E-state index in [2.05, 4.69) is 6.58 Å². The second kappa shape index (κ2) is 10.9. The molecule has 1 heterocycles. The Hall–Kier alpha value is -2.24. The quantitative estimate of drug-likeness (QED) is 0.468. The Morgan fingerprint density at radius 2 is 1.77 bits per heavy atom. The number of aliphatic hydroxyl groups is 2. The Balaban J connectivity index is 0.000000858. The molecule has 1 fully saturated rings. The maximum Gasteiger partial charge on any atom is 0.152 e. The topological polar surface area (TPSA) is 49.7 Å². The van der Waals surface area contributed by atoms with Gasteiger partial charge in [-0.3, -0.25) is 0 Å². The molecule has 4 unspecified atom stereocenters. The van der Waals surface area contributed by atoms with Gasteiger partial charge in [0.1, 0.15) is 0 Å². The van der Waals surface area contributed by atoms with Gasteiger partial charge in [-0.2, -0.15) is 0 Å². The van der Waals surface area contributed by atoms with Crippen LogP contribution in [0.5, 0.6) is 0 Å². The van der Waals surface area contributed by atoms with Crippen molar-refractivity contribution in [2.24, 2.45) is 0 Å². The predicted molar refractivity (Wildman–Crippen MR) is 123 cm³/mol. The molecular weight excluding hydrogens is 415 g/mol. The zero-order chi connectivity index (χ0) is 22.4. The highest BCUT2D eigenvalue weighted by molar-refractivity contribution is 6.31. The lowest BCUT2D eigenvalue weighted by Crippen LogP contribution is -2.33. The van der Waals surface area contributed by atoms with Gasteiger partial charge in [0, 0.05) is 23.4 Å². The second-order valence-electron chi connectivity index (χ2n) is 7.72. The molecule has 1 aromatic rings. The minimum absolute atomic E-state index is 0.155. The van der Waals surface area contributed by atoms with Gasteiger partial charge >= 0.3 is 0 Å². The Labute approximate surface area is 188 Å². The van der Waals surface area contributed by atoms with E-state index < -0.39 is 24.5 Å². The summed E-state index contributed by atoms with van der Waals surface area (Å²) in [5.74, 6) is 0. The largest absolute Gasteiger partial charge is 0.394 e. The van der Waals surface area contributed by atoms with Crippen molar-refractivity contribution in [3.8, 4) is 11.1 Å². The van der Waals surface area contributed by atoms with Gasteiger partial charge in [0.25, 0.3) is 0 Å². The monoisotopic (exact) mass is 442 g/mol. The van der Waals surface area contributed by atoms with Crippen LogP contribution in [-0.2, 0) is 4.74 Å². The summed E-state index contributed by atoms with van der Waals surface area (Å²) in [6.07, 6.45) is -0.191. The van der Waals surface area contributed by atoms with Crippen LogP contribution < -0.4 is 0 Å². The van der Waals surface area contributed by atoms with Crippen molar-refractivity contribution in [3.63, 3.8) is 0 Å². The Morgan fingerprint density at radius 3 is 2.39 bits per heavy atom. The van der Waals surface area contributed by atoms with Gasteiger partial charge in [0.2, 0.25) is 0 Å². The van der Waals surface area contributed by atoms with Crippen LogP contribution in [0.25, 0.3) is 11.1 Å². The summed E-state index contributed by atoms with van der Waals surface area (Å²) in [6, 6.07) is 18.5. The summed E-state index contributed by atoms with van der Waals surface area (Å²) in [5.41, 5.74) is 3.63. The van der Waals surface area contributed by atoms with Gasteiger partial charge in [0.15, 0.2) is 6.17 Å². The van der Waals surface area contributed by atoms with E-state index in [0.717, 1.165) is 16.7 Å². The Morgan fingerprint density at radius 1 is 1.13 bits per heavy atom. The number of allylic oxidation sites excluding steroid dienone is 1. The third kappa shape index (κ3) is 5.72. The van der Waals surface area contributed by atoms with Crippen LogP contribution in [0.1, 0.15) is 48.7 Å². The van der Waals surface area contributed by atoms with Crippen molar-refractivity contribution in [1.29, 1.82) is 0 Å². The van der Waals surface area contributed by atoms with E-state index in [-0.39, 0.29) is 6.61 Å². The van der Waals surface area contributed by atoms with Gasteiger partial charge in [-0.1, -0.05) is 54.1 Å². The van der Waals surface area contributed by atoms with Crippen molar-refractivity contribution in [2.75, 3.05) is 6.61 Å². The van der Waals surface area contributed by atoms with Crippen LogP contribution in [-0.4, -0.2) is 29.0 Å². The van der Waals surface area contributed by atoms with Gasteiger partial charge in [-0.05, 0) is 53.4 Å².